The number of nitrogens with zero attached hydrogens (tertiary/aromatic N) is 4. The van der Waals surface area contributed by atoms with Gasteiger partial charge in [-0.3, -0.25) is 4.40 Å². The van der Waals surface area contributed by atoms with E-state index < -0.39 is 0 Å². The molecule has 0 atom stereocenters. The van der Waals surface area contributed by atoms with Crippen LogP contribution in [0.25, 0.3) is 5.52 Å². The summed E-state index contributed by atoms with van der Waals surface area (Å²) in [6.07, 6.45) is 1.68. The minimum atomic E-state index is 0.328. The molecule has 2 aromatic rings. The van der Waals surface area contributed by atoms with Gasteiger partial charge >= 0.3 is 0 Å². The van der Waals surface area contributed by atoms with E-state index in [-0.39, 0.29) is 0 Å². The summed E-state index contributed by atoms with van der Waals surface area (Å²) in [7, 11) is 0. The van der Waals surface area contributed by atoms with Gasteiger partial charge in [0.05, 0.1) is 5.69 Å². The number of rotatable bonds is 2. The molecule has 0 fully saturated rings. The van der Waals surface area contributed by atoms with Gasteiger partial charge in [0.25, 0.3) is 0 Å². The van der Waals surface area contributed by atoms with E-state index in [4.69, 9.17) is 5.73 Å². The van der Waals surface area contributed by atoms with Crippen LogP contribution in [0.2, 0.25) is 0 Å². The van der Waals surface area contributed by atoms with Crippen LogP contribution >= 0.6 is 0 Å². The maximum absolute atomic E-state index is 5.87. The minimum Gasteiger partial charge on any atom is -0.380 e. The third kappa shape index (κ3) is 1.52. The maximum Gasteiger partial charge on any atom is 0.172 e. The molecule has 2 N–H and O–H groups in total. The number of aromatic nitrogens is 4. The van der Waals surface area contributed by atoms with Crippen LogP contribution in [0.3, 0.4) is 0 Å². The molecule has 0 bridgehead atoms. The van der Waals surface area contributed by atoms with Crippen molar-refractivity contribution in [1.82, 2.24) is 19.6 Å². The predicted octanol–water partition coefficient (Wildman–Crippen LogP) is 1.95. The summed E-state index contributed by atoms with van der Waals surface area (Å²) < 4.78 is 1.95. The highest BCUT2D eigenvalue weighted by molar-refractivity contribution is 5.69. The molecule has 0 aliphatic heterocycles. The van der Waals surface area contributed by atoms with Crippen LogP contribution in [0.15, 0.2) is 6.33 Å². The summed E-state index contributed by atoms with van der Waals surface area (Å²) in [5, 5.41) is 7.77. The Kier molecular flexibility index (Phi) is 2.53. The Balaban J connectivity index is 2.82. The molecule has 16 heavy (non-hydrogen) atoms. The summed E-state index contributed by atoms with van der Waals surface area (Å²) >= 11 is 0. The highest BCUT2D eigenvalue weighted by Crippen LogP contribution is 2.26. The van der Waals surface area contributed by atoms with Gasteiger partial charge in [-0.05, 0) is 5.92 Å². The zero-order valence-electron chi connectivity index (χ0n) is 10.1. The summed E-state index contributed by atoms with van der Waals surface area (Å²) in [5.74, 6) is 2.10. The lowest BCUT2D eigenvalue weighted by molar-refractivity contribution is 0.747. The van der Waals surface area contributed by atoms with Crippen LogP contribution in [0.1, 0.15) is 51.0 Å². The van der Waals surface area contributed by atoms with Crippen molar-refractivity contribution < 1.29 is 0 Å². The molecular weight excluding hydrogens is 202 g/mol. The van der Waals surface area contributed by atoms with Crippen LogP contribution in [0.4, 0.5) is 5.82 Å². The van der Waals surface area contributed by atoms with E-state index in [0.717, 1.165) is 17.0 Å². The lowest BCUT2D eigenvalue weighted by Gasteiger charge is -2.03. The molecule has 0 saturated heterocycles. The summed E-state index contributed by atoms with van der Waals surface area (Å²) in [6, 6.07) is 0. The maximum atomic E-state index is 5.87. The molecule has 2 aromatic heterocycles. The fraction of sp³-hybridized carbons (Fsp3) is 0.545. The molecule has 5 nitrogen and oxygen atoms in total. The third-order valence-electron chi connectivity index (χ3n) is 2.60. The van der Waals surface area contributed by atoms with E-state index in [0.29, 0.717) is 17.7 Å². The Hall–Kier alpha value is -1.65. The van der Waals surface area contributed by atoms with Gasteiger partial charge in [0.15, 0.2) is 5.82 Å². The fourth-order valence-corrected chi connectivity index (χ4v) is 1.84. The van der Waals surface area contributed by atoms with Crippen LogP contribution in [-0.2, 0) is 0 Å². The van der Waals surface area contributed by atoms with E-state index >= 15 is 0 Å². The number of fused-ring (bicyclic) bond motifs is 1. The zero-order valence-corrected chi connectivity index (χ0v) is 10.1. The van der Waals surface area contributed by atoms with E-state index in [1.807, 2.05) is 4.40 Å². The quantitative estimate of drug-likeness (QED) is 0.838. The van der Waals surface area contributed by atoms with Crippen molar-refractivity contribution in [3.8, 4) is 0 Å². The third-order valence-corrected chi connectivity index (χ3v) is 2.60. The highest BCUT2D eigenvalue weighted by atomic mass is 15.2. The van der Waals surface area contributed by atoms with Crippen molar-refractivity contribution >= 4 is 11.3 Å². The lowest BCUT2D eigenvalue weighted by atomic mass is 10.1. The second-order valence-corrected chi connectivity index (χ2v) is 4.60. The Labute approximate surface area is 94.7 Å². The first-order valence-electron chi connectivity index (χ1n) is 5.51. The van der Waals surface area contributed by atoms with E-state index in [2.05, 4.69) is 42.9 Å². The van der Waals surface area contributed by atoms with Gasteiger partial charge in [0, 0.05) is 5.92 Å². The molecule has 2 rings (SSSR count). The first kappa shape index (κ1) is 10.9. The Morgan fingerprint density at radius 3 is 2.44 bits per heavy atom. The molecule has 0 spiro atoms. The number of hydrogen-bond donors (Lipinski definition) is 1. The largest absolute Gasteiger partial charge is 0.380 e. The van der Waals surface area contributed by atoms with Gasteiger partial charge in [-0.25, -0.2) is 4.98 Å². The minimum absolute atomic E-state index is 0.328. The van der Waals surface area contributed by atoms with E-state index in [1.165, 1.54) is 0 Å². The first-order chi connectivity index (χ1) is 7.52. The van der Waals surface area contributed by atoms with Gasteiger partial charge in [-0.15, -0.1) is 10.2 Å². The summed E-state index contributed by atoms with van der Waals surface area (Å²) in [4.78, 5) is 4.65. The lowest BCUT2D eigenvalue weighted by Crippen LogP contribution is -2.02. The molecule has 5 heteroatoms. The standard InChI is InChI=1S/C11H17N5/c1-6(2)8-9-10(12)15-13-5-16(9)11(14-8)7(3)4/h5-7H,1-4H3,(H2,12,15). The predicted molar refractivity (Wildman–Crippen MR) is 63.4 cm³/mol. The molecule has 2 heterocycles. The van der Waals surface area contributed by atoms with Crippen molar-refractivity contribution in [2.24, 2.45) is 0 Å². The molecule has 0 aliphatic rings. The van der Waals surface area contributed by atoms with Crippen LogP contribution in [-0.4, -0.2) is 19.6 Å². The van der Waals surface area contributed by atoms with Crippen molar-refractivity contribution in [3.05, 3.63) is 17.8 Å². The van der Waals surface area contributed by atoms with Gasteiger partial charge < -0.3 is 5.73 Å². The Morgan fingerprint density at radius 2 is 1.88 bits per heavy atom. The molecule has 0 aliphatic carbocycles. The van der Waals surface area contributed by atoms with Crippen molar-refractivity contribution in [1.29, 1.82) is 0 Å². The Morgan fingerprint density at radius 1 is 1.19 bits per heavy atom. The monoisotopic (exact) mass is 219 g/mol. The average Bonchev–Trinajstić information content (AvgIpc) is 2.58. The number of nitrogen functional groups attached to an aromatic ring is 1. The molecular formula is C11H17N5. The molecule has 0 radical (unpaired) electrons. The number of anilines is 1. The normalized spacial score (nSPS) is 11.9. The van der Waals surface area contributed by atoms with Crippen LogP contribution in [0, 0.1) is 0 Å². The van der Waals surface area contributed by atoms with Gasteiger partial charge in [-0.1, -0.05) is 27.7 Å². The topological polar surface area (TPSA) is 69.1 Å². The van der Waals surface area contributed by atoms with Crippen molar-refractivity contribution in [2.45, 2.75) is 39.5 Å². The van der Waals surface area contributed by atoms with E-state index in [9.17, 15) is 0 Å². The molecule has 0 unspecified atom stereocenters. The fourth-order valence-electron chi connectivity index (χ4n) is 1.84. The number of imidazole rings is 1. The van der Waals surface area contributed by atoms with E-state index in [1.54, 1.807) is 6.33 Å². The molecule has 0 saturated carbocycles. The SMILES string of the molecule is CC(C)c1nc(C(C)C)n2cnnc(N)c12. The second kappa shape index (κ2) is 3.73. The smallest absolute Gasteiger partial charge is 0.172 e. The van der Waals surface area contributed by atoms with Crippen LogP contribution < -0.4 is 5.73 Å². The first-order valence-corrected chi connectivity index (χ1v) is 5.51. The zero-order chi connectivity index (χ0) is 11.9. The second-order valence-electron chi connectivity index (χ2n) is 4.60. The van der Waals surface area contributed by atoms with Crippen molar-refractivity contribution in [2.75, 3.05) is 5.73 Å². The summed E-state index contributed by atoms with van der Waals surface area (Å²) in [5.41, 5.74) is 7.77. The number of nitrogens with two attached hydrogens (primary N) is 1. The summed E-state index contributed by atoms with van der Waals surface area (Å²) in [6.45, 7) is 8.42. The Bertz CT molecular complexity index is 512. The van der Waals surface area contributed by atoms with Crippen molar-refractivity contribution in [3.63, 3.8) is 0 Å². The van der Waals surface area contributed by atoms with Gasteiger partial charge in [0.2, 0.25) is 0 Å². The molecule has 0 amide bonds. The van der Waals surface area contributed by atoms with Gasteiger partial charge in [0.1, 0.15) is 17.7 Å². The molecule has 86 valence electrons. The van der Waals surface area contributed by atoms with Gasteiger partial charge in [-0.2, -0.15) is 0 Å². The highest BCUT2D eigenvalue weighted by Gasteiger charge is 2.18. The van der Waals surface area contributed by atoms with Crippen LogP contribution in [0.5, 0.6) is 0 Å². The molecule has 0 aromatic carbocycles. The average molecular weight is 219 g/mol. The number of hydrogen-bond acceptors (Lipinski definition) is 4.